The number of anilines is 1. The smallest absolute Gasteiger partial charge is 0.321 e. The Morgan fingerprint density at radius 1 is 1.30 bits per heavy atom. The van der Waals surface area contributed by atoms with Crippen molar-refractivity contribution in [3.05, 3.63) is 30.5 Å². The monoisotopic (exact) mass is 315 g/mol. The van der Waals surface area contributed by atoms with Gasteiger partial charge in [0.25, 0.3) is 0 Å². The molecule has 2 N–H and O–H groups in total. The SMILES string of the molecule is CCCn1ccc2ccc(NC(=O)N3CCC(CO)CC3)cc21. The van der Waals surface area contributed by atoms with Crippen molar-refractivity contribution < 1.29 is 9.90 Å². The number of aromatic nitrogens is 1. The van der Waals surface area contributed by atoms with Crippen molar-refractivity contribution >= 4 is 22.6 Å². The second kappa shape index (κ2) is 7.04. The molecule has 23 heavy (non-hydrogen) atoms. The minimum absolute atomic E-state index is 0.0469. The number of hydrogen-bond acceptors (Lipinski definition) is 2. The van der Waals surface area contributed by atoms with Crippen LogP contribution in [0.25, 0.3) is 10.9 Å². The van der Waals surface area contributed by atoms with Gasteiger partial charge in [0.05, 0.1) is 5.52 Å². The summed E-state index contributed by atoms with van der Waals surface area (Å²) in [5.74, 6) is 0.340. The number of nitrogens with one attached hydrogen (secondary N) is 1. The molecule has 0 aliphatic carbocycles. The molecule has 2 aromatic rings. The number of carbonyl (C=O) groups excluding carboxylic acids is 1. The highest BCUT2D eigenvalue weighted by molar-refractivity contribution is 5.92. The van der Waals surface area contributed by atoms with E-state index in [0.29, 0.717) is 19.0 Å². The first-order chi connectivity index (χ1) is 11.2. The molecule has 2 heterocycles. The Balaban J connectivity index is 1.68. The van der Waals surface area contributed by atoms with Crippen molar-refractivity contribution in [1.29, 1.82) is 0 Å². The van der Waals surface area contributed by atoms with E-state index in [1.165, 1.54) is 5.39 Å². The third-order valence-electron chi connectivity index (χ3n) is 4.65. The van der Waals surface area contributed by atoms with E-state index in [9.17, 15) is 9.90 Å². The third kappa shape index (κ3) is 3.50. The Kier molecular flexibility index (Phi) is 4.86. The van der Waals surface area contributed by atoms with Gasteiger partial charge in [-0.15, -0.1) is 0 Å². The van der Waals surface area contributed by atoms with Crippen LogP contribution in [0.2, 0.25) is 0 Å². The average molecular weight is 315 g/mol. The van der Waals surface area contributed by atoms with Gasteiger partial charge in [0.1, 0.15) is 0 Å². The zero-order chi connectivity index (χ0) is 16.2. The number of benzene rings is 1. The zero-order valence-electron chi connectivity index (χ0n) is 13.7. The summed E-state index contributed by atoms with van der Waals surface area (Å²) in [7, 11) is 0. The molecule has 0 atom stereocenters. The summed E-state index contributed by atoms with van der Waals surface area (Å²) >= 11 is 0. The van der Waals surface area contributed by atoms with E-state index in [2.05, 4.69) is 35.1 Å². The number of amides is 2. The molecule has 5 heteroatoms. The van der Waals surface area contributed by atoms with Gasteiger partial charge in [-0.3, -0.25) is 0 Å². The highest BCUT2D eigenvalue weighted by Crippen LogP contribution is 2.22. The Labute approximate surface area is 136 Å². The van der Waals surface area contributed by atoms with Crippen LogP contribution in [0.15, 0.2) is 30.5 Å². The fraction of sp³-hybridized carbons (Fsp3) is 0.500. The topological polar surface area (TPSA) is 57.5 Å². The van der Waals surface area contributed by atoms with Gasteiger partial charge in [-0.25, -0.2) is 4.79 Å². The molecule has 1 aliphatic heterocycles. The van der Waals surface area contributed by atoms with Crippen molar-refractivity contribution in [2.75, 3.05) is 25.0 Å². The predicted molar refractivity (Wildman–Crippen MR) is 92.6 cm³/mol. The minimum Gasteiger partial charge on any atom is -0.396 e. The van der Waals surface area contributed by atoms with Gasteiger partial charge < -0.3 is 19.9 Å². The Bertz CT molecular complexity index is 672. The number of piperidine rings is 1. The van der Waals surface area contributed by atoms with Crippen LogP contribution >= 0.6 is 0 Å². The second-order valence-electron chi connectivity index (χ2n) is 6.33. The van der Waals surface area contributed by atoms with Crippen LogP contribution in [-0.2, 0) is 6.54 Å². The predicted octanol–water partition coefficient (Wildman–Crippen LogP) is 3.29. The maximum absolute atomic E-state index is 12.4. The largest absolute Gasteiger partial charge is 0.396 e. The molecule has 3 rings (SSSR count). The summed E-state index contributed by atoms with van der Waals surface area (Å²) in [6, 6.07) is 8.11. The Hall–Kier alpha value is -2.01. The molecule has 0 saturated carbocycles. The van der Waals surface area contributed by atoms with Crippen LogP contribution in [-0.4, -0.2) is 40.3 Å². The number of aryl methyl sites for hydroxylation is 1. The fourth-order valence-electron chi connectivity index (χ4n) is 3.22. The molecule has 124 valence electrons. The van der Waals surface area contributed by atoms with E-state index in [1.807, 2.05) is 17.0 Å². The van der Waals surface area contributed by atoms with Crippen LogP contribution in [0.4, 0.5) is 10.5 Å². The van der Waals surface area contributed by atoms with Gasteiger partial charge >= 0.3 is 6.03 Å². The molecule has 1 saturated heterocycles. The highest BCUT2D eigenvalue weighted by atomic mass is 16.3. The van der Waals surface area contributed by atoms with E-state index in [4.69, 9.17) is 0 Å². The second-order valence-corrected chi connectivity index (χ2v) is 6.33. The number of urea groups is 1. The van der Waals surface area contributed by atoms with E-state index in [-0.39, 0.29) is 12.6 Å². The van der Waals surface area contributed by atoms with Crippen molar-refractivity contribution in [2.45, 2.75) is 32.7 Å². The number of rotatable bonds is 4. The van der Waals surface area contributed by atoms with Crippen LogP contribution in [0.5, 0.6) is 0 Å². The van der Waals surface area contributed by atoms with Crippen LogP contribution < -0.4 is 5.32 Å². The van der Waals surface area contributed by atoms with Gasteiger partial charge in [-0.05, 0) is 48.8 Å². The molecule has 0 bridgehead atoms. The van der Waals surface area contributed by atoms with E-state index in [1.54, 1.807) is 0 Å². The number of hydrogen-bond donors (Lipinski definition) is 2. The van der Waals surface area contributed by atoms with Crippen LogP contribution in [0.3, 0.4) is 0 Å². The molecule has 5 nitrogen and oxygen atoms in total. The molecule has 0 unspecified atom stereocenters. The molecular formula is C18H25N3O2. The summed E-state index contributed by atoms with van der Waals surface area (Å²) in [5, 5.41) is 13.4. The molecule has 0 spiro atoms. The average Bonchev–Trinajstić information content (AvgIpc) is 2.98. The molecular weight excluding hydrogens is 290 g/mol. The Morgan fingerprint density at radius 2 is 2.09 bits per heavy atom. The van der Waals surface area contributed by atoms with Crippen LogP contribution in [0.1, 0.15) is 26.2 Å². The van der Waals surface area contributed by atoms with E-state index >= 15 is 0 Å². The number of fused-ring (bicyclic) bond motifs is 1. The number of likely N-dealkylation sites (tertiary alicyclic amines) is 1. The molecule has 0 radical (unpaired) electrons. The Morgan fingerprint density at radius 3 is 2.78 bits per heavy atom. The molecule has 2 amide bonds. The zero-order valence-corrected chi connectivity index (χ0v) is 13.7. The van der Waals surface area contributed by atoms with E-state index < -0.39 is 0 Å². The maximum atomic E-state index is 12.4. The quantitative estimate of drug-likeness (QED) is 0.909. The number of aliphatic hydroxyl groups excluding tert-OH is 1. The lowest BCUT2D eigenvalue weighted by Crippen LogP contribution is -2.41. The van der Waals surface area contributed by atoms with Gasteiger partial charge in [-0.2, -0.15) is 0 Å². The fourth-order valence-corrected chi connectivity index (χ4v) is 3.22. The highest BCUT2D eigenvalue weighted by Gasteiger charge is 2.22. The number of carbonyl (C=O) groups is 1. The summed E-state index contributed by atoms with van der Waals surface area (Å²) in [6.07, 6.45) is 4.93. The third-order valence-corrected chi connectivity index (χ3v) is 4.65. The van der Waals surface area contributed by atoms with E-state index in [0.717, 1.165) is 37.0 Å². The van der Waals surface area contributed by atoms with Crippen molar-refractivity contribution in [1.82, 2.24) is 9.47 Å². The van der Waals surface area contributed by atoms with Gasteiger partial charge in [0, 0.05) is 38.1 Å². The molecule has 1 aromatic carbocycles. The summed E-state index contributed by atoms with van der Waals surface area (Å²) < 4.78 is 2.22. The number of nitrogens with zero attached hydrogens (tertiary/aromatic N) is 2. The minimum atomic E-state index is -0.0469. The van der Waals surface area contributed by atoms with Crippen molar-refractivity contribution in [2.24, 2.45) is 5.92 Å². The first kappa shape index (κ1) is 15.9. The first-order valence-corrected chi connectivity index (χ1v) is 8.47. The van der Waals surface area contributed by atoms with Crippen molar-refractivity contribution in [3.63, 3.8) is 0 Å². The molecule has 1 fully saturated rings. The molecule has 1 aliphatic rings. The lowest BCUT2D eigenvalue weighted by Gasteiger charge is -2.31. The summed E-state index contributed by atoms with van der Waals surface area (Å²) in [6.45, 7) is 4.79. The van der Waals surface area contributed by atoms with Crippen LogP contribution in [0, 0.1) is 5.92 Å². The lowest BCUT2D eigenvalue weighted by atomic mass is 9.98. The molecule has 1 aromatic heterocycles. The van der Waals surface area contributed by atoms with Gasteiger partial charge in [0.15, 0.2) is 0 Å². The van der Waals surface area contributed by atoms with Crippen molar-refractivity contribution in [3.8, 4) is 0 Å². The number of aliphatic hydroxyl groups is 1. The first-order valence-electron chi connectivity index (χ1n) is 8.47. The van der Waals surface area contributed by atoms with Gasteiger partial charge in [0.2, 0.25) is 0 Å². The normalized spacial score (nSPS) is 16.0. The standard InChI is InChI=1S/C18H25N3O2/c1-2-8-20-11-7-15-3-4-16(12-17(15)20)19-18(23)21-9-5-14(13-22)6-10-21/h3-4,7,11-12,14,22H,2,5-6,8-10,13H2,1H3,(H,19,23). The summed E-state index contributed by atoms with van der Waals surface area (Å²) in [4.78, 5) is 14.2. The maximum Gasteiger partial charge on any atom is 0.321 e. The lowest BCUT2D eigenvalue weighted by molar-refractivity contribution is 0.143. The van der Waals surface area contributed by atoms with Gasteiger partial charge in [-0.1, -0.05) is 13.0 Å². The summed E-state index contributed by atoms with van der Waals surface area (Å²) in [5.41, 5.74) is 1.99.